The van der Waals surface area contributed by atoms with Gasteiger partial charge in [0.25, 0.3) is 11.8 Å². The van der Waals surface area contributed by atoms with Gasteiger partial charge in [0.2, 0.25) is 0 Å². The van der Waals surface area contributed by atoms with Crippen molar-refractivity contribution in [3.05, 3.63) is 101 Å². The van der Waals surface area contributed by atoms with Gasteiger partial charge in [0.15, 0.2) is 0 Å². The van der Waals surface area contributed by atoms with E-state index in [4.69, 9.17) is 4.74 Å². The van der Waals surface area contributed by atoms with E-state index in [2.05, 4.69) is 0 Å². The van der Waals surface area contributed by atoms with Gasteiger partial charge in [-0.15, -0.1) is 0 Å². The number of hydrogen-bond acceptors (Lipinski definition) is 4. The molecule has 0 unspecified atom stereocenters. The lowest BCUT2D eigenvalue weighted by Gasteiger charge is -2.15. The van der Waals surface area contributed by atoms with Gasteiger partial charge in [-0.3, -0.25) is 14.5 Å². The van der Waals surface area contributed by atoms with Crippen LogP contribution in [-0.2, 0) is 16.1 Å². The maximum Gasteiger partial charge on any atom is 0.268 e. The zero-order valence-electron chi connectivity index (χ0n) is 16.2. The van der Waals surface area contributed by atoms with Gasteiger partial charge < -0.3 is 4.74 Å². The van der Waals surface area contributed by atoms with Crippen molar-refractivity contribution >= 4 is 29.1 Å². The van der Waals surface area contributed by atoms with Gasteiger partial charge in [-0.25, -0.2) is 4.39 Å². The van der Waals surface area contributed by atoms with E-state index in [-0.39, 0.29) is 18.4 Å². The molecule has 150 valence electrons. The molecule has 0 fully saturated rings. The van der Waals surface area contributed by atoms with Crippen LogP contribution in [0.2, 0.25) is 0 Å². The Balaban J connectivity index is 1.70. The number of carbonyl (C=O) groups is 2. The standard InChI is InChI=1S/C24H18FNO3S/c1-29-19-13-7-16(8-14-19)15-26-23(27)21(17-9-11-18(25)12-10-17)22(24(26)28)30-20-5-3-2-4-6-20/h2-14H,15H2,1H3. The maximum atomic E-state index is 13.4. The van der Waals surface area contributed by atoms with Gasteiger partial charge in [0, 0.05) is 4.90 Å². The quantitative estimate of drug-likeness (QED) is 0.533. The van der Waals surface area contributed by atoms with Gasteiger partial charge in [0.1, 0.15) is 11.6 Å². The van der Waals surface area contributed by atoms with E-state index in [1.807, 2.05) is 42.5 Å². The number of carbonyl (C=O) groups excluding carboxylic acids is 2. The van der Waals surface area contributed by atoms with Crippen molar-refractivity contribution in [3.63, 3.8) is 0 Å². The Morgan fingerprint density at radius 2 is 1.53 bits per heavy atom. The summed E-state index contributed by atoms with van der Waals surface area (Å²) in [5.41, 5.74) is 1.62. The Labute approximate surface area is 178 Å². The van der Waals surface area contributed by atoms with Crippen molar-refractivity contribution in [3.8, 4) is 5.75 Å². The molecule has 0 aliphatic carbocycles. The van der Waals surface area contributed by atoms with Crippen LogP contribution in [0.5, 0.6) is 5.75 Å². The topological polar surface area (TPSA) is 46.6 Å². The highest BCUT2D eigenvalue weighted by atomic mass is 32.2. The number of methoxy groups -OCH3 is 1. The smallest absolute Gasteiger partial charge is 0.268 e. The normalized spacial score (nSPS) is 13.9. The molecular formula is C24H18FNO3S. The molecule has 0 N–H and O–H groups in total. The van der Waals surface area contributed by atoms with E-state index in [9.17, 15) is 14.0 Å². The maximum absolute atomic E-state index is 13.4. The largest absolute Gasteiger partial charge is 0.497 e. The second-order valence-corrected chi connectivity index (χ2v) is 7.75. The molecule has 0 aromatic heterocycles. The third-order valence-corrected chi connectivity index (χ3v) is 5.81. The molecule has 0 saturated carbocycles. The summed E-state index contributed by atoms with van der Waals surface area (Å²) < 4.78 is 18.6. The number of imide groups is 1. The van der Waals surface area contributed by atoms with E-state index in [0.29, 0.717) is 21.8 Å². The van der Waals surface area contributed by atoms with Crippen molar-refractivity contribution in [2.24, 2.45) is 0 Å². The third-order valence-electron chi connectivity index (χ3n) is 4.72. The monoisotopic (exact) mass is 419 g/mol. The van der Waals surface area contributed by atoms with Gasteiger partial charge >= 0.3 is 0 Å². The van der Waals surface area contributed by atoms with Crippen LogP contribution in [-0.4, -0.2) is 23.8 Å². The molecule has 3 aromatic rings. The predicted molar refractivity (Wildman–Crippen MR) is 114 cm³/mol. The highest BCUT2D eigenvalue weighted by molar-refractivity contribution is 8.04. The SMILES string of the molecule is COc1ccc(CN2C(=O)C(Sc3ccccc3)=C(c3ccc(F)cc3)C2=O)cc1. The molecular weight excluding hydrogens is 401 g/mol. The lowest BCUT2D eigenvalue weighted by molar-refractivity contribution is -0.137. The number of rotatable bonds is 6. The molecule has 3 aromatic carbocycles. The molecule has 0 radical (unpaired) electrons. The van der Waals surface area contributed by atoms with Crippen molar-refractivity contribution in [2.75, 3.05) is 7.11 Å². The molecule has 1 heterocycles. The molecule has 30 heavy (non-hydrogen) atoms. The minimum atomic E-state index is -0.400. The Bertz CT molecular complexity index is 1110. The van der Waals surface area contributed by atoms with E-state index in [1.54, 1.807) is 19.2 Å². The Morgan fingerprint density at radius 3 is 2.17 bits per heavy atom. The minimum absolute atomic E-state index is 0.144. The summed E-state index contributed by atoms with van der Waals surface area (Å²) >= 11 is 1.24. The number of nitrogens with zero attached hydrogens (tertiary/aromatic N) is 1. The van der Waals surface area contributed by atoms with Crippen molar-refractivity contribution in [2.45, 2.75) is 11.4 Å². The lowest BCUT2D eigenvalue weighted by atomic mass is 10.1. The number of thioether (sulfide) groups is 1. The minimum Gasteiger partial charge on any atom is -0.497 e. The molecule has 4 nitrogen and oxygen atoms in total. The van der Waals surface area contributed by atoms with Crippen molar-refractivity contribution in [1.82, 2.24) is 4.90 Å². The Morgan fingerprint density at radius 1 is 0.867 bits per heavy atom. The molecule has 0 bridgehead atoms. The second-order valence-electron chi connectivity index (χ2n) is 6.67. The van der Waals surface area contributed by atoms with Crippen LogP contribution >= 0.6 is 11.8 Å². The summed E-state index contributed by atoms with van der Waals surface area (Å²) in [7, 11) is 1.58. The highest BCUT2D eigenvalue weighted by Crippen LogP contribution is 2.40. The fourth-order valence-electron chi connectivity index (χ4n) is 3.18. The summed E-state index contributed by atoms with van der Waals surface area (Å²) in [6, 6.07) is 22.2. The van der Waals surface area contributed by atoms with Gasteiger partial charge in [-0.2, -0.15) is 0 Å². The van der Waals surface area contributed by atoms with Crippen LogP contribution < -0.4 is 4.74 Å². The fourth-order valence-corrected chi connectivity index (χ4v) is 4.22. The summed E-state index contributed by atoms with van der Waals surface area (Å²) in [5, 5.41) is 0. The molecule has 2 amide bonds. The van der Waals surface area contributed by atoms with Crippen LogP contribution in [0.3, 0.4) is 0 Å². The fraction of sp³-hybridized carbons (Fsp3) is 0.0833. The second kappa shape index (κ2) is 8.55. The first-order valence-corrected chi connectivity index (χ1v) is 10.1. The highest BCUT2D eigenvalue weighted by Gasteiger charge is 2.39. The Kier molecular flexibility index (Phi) is 5.68. The summed E-state index contributed by atoms with van der Waals surface area (Å²) in [5.74, 6) is -0.448. The lowest BCUT2D eigenvalue weighted by Crippen LogP contribution is -2.30. The number of amides is 2. The number of halogens is 1. The zero-order chi connectivity index (χ0) is 21.1. The molecule has 0 atom stereocenters. The van der Waals surface area contributed by atoms with Crippen molar-refractivity contribution in [1.29, 1.82) is 0 Å². The molecule has 1 aliphatic heterocycles. The van der Waals surface area contributed by atoms with E-state index >= 15 is 0 Å². The average Bonchev–Trinajstić information content (AvgIpc) is 3.00. The van der Waals surface area contributed by atoms with Crippen LogP contribution in [0.1, 0.15) is 11.1 Å². The van der Waals surface area contributed by atoms with Gasteiger partial charge in [-0.1, -0.05) is 54.2 Å². The molecule has 1 aliphatic rings. The number of benzene rings is 3. The summed E-state index contributed by atoms with van der Waals surface area (Å²) in [4.78, 5) is 28.9. The van der Waals surface area contributed by atoms with Crippen LogP contribution in [0.15, 0.2) is 88.7 Å². The molecule has 6 heteroatoms. The summed E-state index contributed by atoms with van der Waals surface area (Å²) in [6.45, 7) is 0.144. The first kappa shape index (κ1) is 19.9. The van der Waals surface area contributed by atoms with Crippen LogP contribution in [0.25, 0.3) is 5.57 Å². The zero-order valence-corrected chi connectivity index (χ0v) is 17.0. The van der Waals surface area contributed by atoms with E-state index < -0.39 is 5.82 Å². The third kappa shape index (κ3) is 4.00. The predicted octanol–water partition coefficient (Wildman–Crippen LogP) is 4.91. The van der Waals surface area contributed by atoms with Gasteiger partial charge in [0.05, 0.1) is 24.1 Å². The van der Waals surface area contributed by atoms with E-state index in [1.165, 1.54) is 40.9 Å². The first-order chi connectivity index (χ1) is 14.6. The molecule has 0 saturated heterocycles. The van der Waals surface area contributed by atoms with E-state index in [0.717, 1.165) is 10.5 Å². The van der Waals surface area contributed by atoms with Crippen LogP contribution in [0, 0.1) is 5.82 Å². The number of ether oxygens (including phenoxy) is 1. The Hall–Kier alpha value is -3.38. The average molecular weight is 419 g/mol. The first-order valence-electron chi connectivity index (χ1n) is 9.29. The summed E-state index contributed by atoms with van der Waals surface area (Å²) in [6.07, 6.45) is 0. The molecule has 0 spiro atoms. The van der Waals surface area contributed by atoms with Crippen LogP contribution in [0.4, 0.5) is 4.39 Å². The van der Waals surface area contributed by atoms with Crippen molar-refractivity contribution < 1.29 is 18.7 Å². The molecule has 4 rings (SSSR count). The van der Waals surface area contributed by atoms with Gasteiger partial charge in [-0.05, 0) is 47.5 Å². The number of hydrogen-bond donors (Lipinski definition) is 0.